The first kappa shape index (κ1) is 22.8. The van der Waals surface area contributed by atoms with Crippen molar-refractivity contribution < 1.29 is 26.4 Å². The highest BCUT2D eigenvalue weighted by Gasteiger charge is 2.69. The quantitative estimate of drug-likeness (QED) is 0.503. The van der Waals surface area contributed by atoms with Crippen molar-refractivity contribution in [3.05, 3.63) is 86.0 Å². The third-order valence-electron chi connectivity index (χ3n) is 4.91. The lowest BCUT2D eigenvalue weighted by Crippen LogP contribution is -2.61. The van der Waals surface area contributed by atoms with Crippen molar-refractivity contribution in [1.29, 1.82) is 0 Å². The van der Waals surface area contributed by atoms with Gasteiger partial charge in [0.2, 0.25) is 15.6 Å². The van der Waals surface area contributed by atoms with Crippen LogP contribution in [0.1, 0.15) is 5.56 Å². The lowest BCUT2D eigenvalue weighted by molar-refractivity contribution is -0.194. The molecule has 1 amide bonds. The fourth-order valence-electron chi connectivity index (χ4n) is 3.44. The van der Waals surface area contributed by atoms with Gasteiger partial charge >= 0.3 is 11.9 Å². The van der Waals surface area contributed by atoms with Gasteiger partial charge in [0.1, 0.15) is 5.82 Å². The molecule has 9 nitrogen and oxygen atoms in total. The molecule has 0 spiro atoms. The number of benzene rings is 2. The van der Waals surface area contributed by atoms with Gasteiger partial charge in [-0.3, -0.25) is 14.6 Å². The smallest absolute Gasteiger partial charge is 0.309 e. The zero-order valence-electron chi connectivity index (χ0n) is 16.1. The molecule has 0 bridgehead atoms. The van der Waals surface area contributed by atoms with E-state index in [1.807, 2.05) is 5.32 Å². The van der Waals surface area contributed by atoms with Crippen molar-refractivity contribution in [2.45, 2.75) is 16.6 Å². The van der Waals surface area contributed by atoms with Gasteiger partial charge in [0.25, 0.3) is 11.5 Å². The molecule has 1 aromatic heterocycles. The number of rotatable bonds is 4. The molecule has 0 aliphatic carbocycles. The number of fused-ring (bicyclic) bond motifs is 1. The van der Waals surface area contributed by atoms with Gasteiger partial charge < -0.3 is 5.32 Å². The van der Waals surface area contributed by atoms with Gasteiger partial charge in [-0.05, 0) is 36.4 Å². The van der Waals surface area contributed by atoms with Crippen LogP contribution >= 0.6 is 11.6 Å². The number of carbonyl (C=O) groups is 1. The summed E-state index contributed by atoms with van der Waals surface area (Å²) in [7, 11) is -4.96. The zero-order valence-corrected chi connectivity index (χ0v) is 17.7. The second kappa shape index (κ2) is 7.57. The van der Waals surface area contributed by atoms with Crippen molar-refractivity contribution in [1.82, 2.24) is 14.3 Å². The minimum absolute atomic E-state index is 0.0407. The number of aromatic amines is 1. The van der Waals surface area contributed by atoms with E-state index in [4.69, 9.17) is 11.6 Å². The number of nitrogens with zero attached hydrogens (tertiary/aromatic N) is 1. The highest BCUT2D eigenvalue weighted by molar-refractivity contribution is 7.89. The highest BCUT2D eigenvalue weighted by atomic mass is 35.5. The van der Waals surface area contributed by atoms with Crippen LogP contribution in [0.4, 0.5) is 19.0 Å². The lowest BCUT2D eigenvalue weighted by Gasteiger charge is -2.29. The van der Waals surface area contributed by atoms with Crippen LogP contribution in [0.25, 0.3) is 5.69 Å². The average molecular weight is 501 g/mol. The number of H-pyrrole nitrogens is 1. The van der Waals surface area contributed by atoms with Crippen LogP contribution in [0.15, 0.2) is 69.1 Å². The number of alkyl halides is 3. The van der Waals surface area contributed by atoms with Gasteiger partial charge in [-0.25, -0.2) is 17.8 Å². The Labute approximate surface area is 187 Å². The Morgan fingerprint density at radius 2 is 1.58 bits per heavy atom. The molecule has 172 valence electrons. The summed E-state index contributed by atoms with van der Waals surface area (Å²) in [5.74, 6) is -2.73. The van der Waals surface area contributed by atoms with E-state index in [2.05, 4.69) is 0 Å². The molecule has 2 heterocycles. The number of hydrogen-bond donors (Lipinski definition) is 3. The number of anilines is 1. The fraction of sp³-hybridized carbons (Fsp3) is 0.105. The fourth-order valence-corrected chi connectivity index (χ4v) is 4.91. The molecular weight excluding hydrogens is 489 g/mol. The van der Waals surface area contributed by atoms with Gasteiger partial charge in [-0.15, -0.1) is 0 Å². The molecule has 0 radical (unpaired) electrons. The molecule has 33 heavy (non-hydrogen) atoms. The van der Waals surface area contributed by atoms with Gasteiger partial charge in [-0.1, -0.05) is 29.8 Å². The summed E-state index contributed by atoms with van der Waals surface area (Å²) in [4.78, 5) is 39.0. The highest BCUT2D eigenvalue weighted by Crippen LogP contribution is 2.46. The Morgan fingerprint density at radius 1 is 0.970 bits per heavy atom. The van der Waals surface area contributed by atoms with Gasteiger partial charge in [0, 0.05) is 5.02 Å². The monoisotopic (exact) mass is 500 g/mol. The van der Waals surface area contributed by atoms with Crippen molar-refractivity contribution in [2.75, 3.05) is 5.32 Å². The Balaban J connectivity index is 2.03. The number of carbonyl (C=O) groups excluding carboxylic acids is 1. The third kappa shape index (κ3) is 3.53. The Kier molecular flexibility index (Phi) is 5.22. The minimum atomic E-state index is -5.61. The maximum absolute atomic E-state index is 14.4. The van der Waals surface area contributed by atoms with E-state index < -0.39 is 55.2 Å². The summed E-state index contributed by atoms with van der Waals surface area (Å²) in [5, 5.41) is 2.10. The first-order valence-corrected chi connectivity index (χ1v) is 10.9. The molecular formula is C19H12ClF3N4O5S. The summed E-state index contributed by atoms with van der Waals surface area (Å²) in [6, 6.07) is 11.2. The van der Waals surface area contributed by atoms with Crippen molar-refractivity contribution in [3.8, 4) is 5.69 Å². The largest absolute Gasteiger partial charge is 0.421 e. The van der Waals surface area contributed by atoms with Crippen LogP contribution in [-0.4, -0.2) is 30.1 Å². The first-order valence-electron chi connectivity index (χ1n) is 9.01. The van der Waals surface area contributed by atoms with E-state index in [0.717, 1.165) is 12.1 Å². The van der Waals surface area contributed by atoms with Crippen LogP contribution in [-0.2, 0) is 20.4 Å². The Bertz CT molecular complexity index is 1490. The zero-order chi connectivity index (χ0) is 24.2. The summed E-state index contributed by atoms with van der Waals surface area (Å²) in [5.41, 5.74) is -8.13. The van der Waals surface area contributed by atoms with E-state index in [0.29, 0.717) is 4.57 Å². The lowest BCUT2D eigenvalue weighted by atomic mass is 9.93. The number of nitrogens with one attached hydrogen (secondary N) is 3. The molecule has 0 saturated heterocycles. The van der Waals surface area contributed by atoms with Crippen molar-refractivity contribution in [3.63, 3.8) is 0 Å². The van der Waals surface area contributed by atoms with Crippen molar-refractivity contribution in [2.24, 2.45) is 0 Å². The van der Waals surface area contributed by atoms with E-state index in [1.165, 1.54) is 47.2 Å². The molecule has 1 aliphatic heterocycles. The maximum atomic E-state index is 14.4. The van der Waals surface area contributed by atoms with Crippen LogP contribution < -0.4 is 21.3 Å². The predicted octanol–water partition coefficient (Wildman–Crippen LogP) is 1.87. The molecule has 0 saturated carbocycles. The number of sulfonamides is 1. The van der Waals surface area contributed by atoms with Crippen LogP contribution in [0, 0.1) is 0 Å². The Morgan fingerprint density at radius 3 is 2.15 bits per heavy atom. The second-order valence-corrected chi connectivity index (χ2v) is 9.03. The molecule has 3 N–H and O–H groups in total. The van der Waals surface area contributed by atoms with E-state index in [1.54, 1.807) is 4.98 Å². The maximum Gasteiger partial charge on any atom is 0.421 e. The molecule has 1 atom stereocenters. The van der Waals surface area contributed by atoms with Gasteiger partial charge in [0.05, 0.1) is 16.1 Å². The number of hydrogen-bond acceptors (Lipinski definition) is 5. The SMILES string of the molecule is O=C1Nc2c(c(=O)[nH]c(=O)n2-c2ccc(Cl)cc2)C1(NS(=O)(=O)c1ccccc1)C(F)(F)F. The van der Waals surface area contributed by atoms with E-state index in [9.17, 15) is 36.0 Å². The molecule has 1 unspecified atom stereocenters. The number of halogens is 4. The van der Waals surface area contributed by atoms with E-state index in [-0.39, 0.29) is 10.7 Å². The molecule has 1 aliphatic rings. The average Bonchev–Trinajstić information content (AvgIpc) is 3.02. The summed E-state index contributed by atoms with van der Waals surface area (Å²) in [6.45, 7) is 0. The molecule has 3 aromatic rings. The standard InChI is InChI=1S/C19H12ClF3N4O5S/c20-10-6-8-11(9-7-10)27-14-13(15(28)25-17(27)30)18(16(29)24-14,19(21,22)23)26-33(31,32)12-4-2-1-3-5-12/h1-9,26H,(H,24,29)(H,25,28,30). The molecule has 4 rings (SSSR count). The summed E-state index contributed by atoms with van der Waals surface area (Å²) in [6.07, 6.45) is -5.61. The van der Waals surface area contributed by atoms with Crippen LogP contribution in [0.5, 0.6) is 0 Å². The Hall–Kier alpha value is -3.42. The number of amides is 1. The normalized spacial score (nSPS) is 18.1. The van der Waals surface area contributed by atoms with E-state index >= 15 is 0 Å². The summed E-state index contributed by atoms with van der Waals surface area (Å²) >= 11 is 5.80. The van der Waals surface area contributed by atoms with Gasteiger partial charge in [0.15, 0.2) is 0 Å². The second-order valence-electron chi connectivity index (χ2n) is 6.92. The molecule has 2 aromatic carbocycles. The molecule has 0 fully saturated rings. The topological polar surface area (TPSA) is 130 Å². The minimum Gasteiger partial charge on any atom is -0.309 e. The third-order valence-corrected chi connectivity index (χ3v) is 6.63. The van der Waals surface area contributed by atoms with Crippen LogP contribution in [0.3, 0.4) is 0 Å². The van der Waals surface area contributed by atoms with Gasteiger partial charge in [-0.2, -0.15) is 17.9 Å². The van der Waals surface area contributed by atoms with Crippen LogP contribution in [0.2, 0.25) is 5.02 Å². The summed E-state index contributed by atoms with van der Waals surface area (Å²) < 4.78 is 70.8. The predicted molar refractivity (Wildman–Crippen MR) is 111 cm³/mol. The number of aromatic nitrogens is 2. The first-order chi connectivity index (χ1) is 15.4. The molecule has 14 heteroatoms. The van der Waals surface area contributed by atoms with Crippen molar-refractivity contribution >= 4 is 33.3 Å².